The number of hydrogen-bond acceptors (Lipinski definition) is 2. The van der Waals surface area contributed by atoms with E-state index in [4.69, 9.17) is 5.11 Å². The lowest BCUT2D eigenvalue weighted by atomic mass is 9.99. The number of aryl methyl sites for hydroxylation is 1. The maximum absolute atomic E-state index is 10.7. The summed E-state index contributed by atoms with van der Waals surface area (Å²) in [6.07, 6.45) is 4.23. The quantitative estimate of drug-likeness (QED) is 0.851. The first kappa shape index (κ1) is 11.2. The number of rotatable bonds is 3. The third-order valence-corrected chi connectivity index (χ3v) is 3.31. The first-order valence-corrected chi connectivity index (χ1v) is 5.84. The molecule has 0 bridgehead atoms. The van der Waals surface area contributed by atoms with Crippen LogP contribution in [0.2, 0.25) is 0 Å². The van der Waals surface area contributed by atoms with Crippen LogP contribution in [-0.2, 0) is 17.8 Å². The van der Waals surface area contributed by atoms with E-state index in [2.05, 4.69) is 16.5 Å². The predicted molar refractivity (Wildman–Crippen MR) is 60.4 cm³/mol. The summed E-state index contributed by atoms with van der Waals surface area (Å²) in [7, 11) is 0. The van der Waals surface area contributed by atoms with E-state index in [0.29, 0.717) is 5.92 Å². The van der Waals surface area contributed by atoms with Gasteiger partial charge in [-0.2, -0.15) is 0 Å². The summed E-state index contributed by atoms with van der Waals surface area (Å²) in [6, 6.07) is 0. The zero-order valence-electron chi connectivity index (χ0n) is 9.81. The van der Waals surface area contributed by atoms with Crippen molar-refractivity contribution in [1.29, 1.82) is 0 Å². The summed E-state index contributed by atoms with van der Waals surface area (Å²) in [5, 5.41) is 8.81. The molecule has 4 nitrogen and oxygen atoms in total. The molecule has 0 amide bonds. The van der Waals surface area contributed by atoms with Gasteiger partial charge in [0.05, 0.1) is 6.42 Å². The molecule has 1 aromatic rings. The number of carboxylic acids is 1. The molecule has 0 radical (unpaired) electrons. The van der Waals surface area contributed by atoms with Crippen molar-refractivity contribution in [1.82, 2.24) is 9.55 Å². The molecular formula is C12H18N2O2. The van der Waals surface area contributed by atoms with Crippen molar-refractivity contribution in [3.8, 4) is 0 Å². The van der Waals surface area contributed by atoms with Crippen molar-refractivity contribution in [2.24, 2.45) is 5.92 Å². The fraction of sp³-hybridized carbons (Fsp3) is 0.667. The topological polar surface area (TPSA) is 55.1 Å². The minimum atomic E-state index is -0.744. The molecule has 2 rings (SSSR count). The Morgan fingerprint density at radius 2 is 2.50 bits per heavy atom. The smallest absolute Gasteiger partial charge is 0.304 e. The summed E-state index contributed by atoms with van der Waals surface area (Å²) in [6.45, 7) is 5.17. The molecule has 0 spiro atoms. The summed E-state index contributed by atoms with van der Waals surface area (Å²) in [5.74, 6) is 1.08. The molecular weight excluding hydrogens is 204 g/mol. The molecule has 2 atom stereocenters. The van der Waals surface area contributed by atoms with Gasteiger partial charge in [-0.25, -0.2) is 4.98 Å². The summed E-state index contributed by atoms with van der Waals surface area (Å²) in [4.78, 5) is 15.1. The van der Waals surface area contributed by atoms with Crippen molar-refractivity contribution in [3.05, 3.63) is 17.7 Å². The zero-order valence-corrected chi connectivity index (χ0v) is 9.81. The second-order valence-corrected chi connectivity index (χ2v) is 4.85. The molecule has 16 heavy (non-hydrogen) atoms. The van der Waals surface area contributed by atoms with Gasteiger partial charge in [0.15, 0.2) is 0 Å². The van der Waals surface area contributed by atoms with Gasteiger partial charge in [-0.15, -0.1) is 0 Å². The molecule has 88 valence electrons. The van der Waals surface area contributed by atoms with Crippen molar-refractivity contribution >= 4 is 5.97 Å². The van der Waals surface area contributed by atoms with Gasteiger partial charge in [-0.3, -0.25) is 4.79 Å². The maximum Gasteiger partial charge on any atom is 0.304 e. The van der Waals surface area contributed by atoms with E-state index in [1.807, 2.05) is 13.1 Å². The van der Waals surface area contributed by atoms with Gasteiger partial charge in [0.2, 0.25) is 0 Å². The number of nitrogens with zero attached hydrogens (tertiary/aromatic N) is 2. The van der Waals surface area contributed by atoms with Crippen LogP contribution in [0.4, 0.5) is 0 Å². The fourth-order valence-electron chi connectivity index (χ4n) is 2.38. The van der Waals surface area contributed by atoms with Gasteiger partial charge in [0.25, 0.3) is 0 Å². The first-order valence-electron chi connectivity index (χ1n) is 5.84. The number of fused-ring (bicyclic) bond motifs is 1. The molecule has 0 saturated heterocycles. The van der Waals surface area contributed by atoms with Crippen molar-refractivity contribution in [2.45, 2.75) is 45.6 Å². The molecule has 2 heterocycles. The van der Waals surface area contributed by atoms with Gasteiger partial charge in [0, 0.05) is 30.8 Å². The number of hydrogen-bond donors (Lipinski definition) is 1. The Hall–Kier alpha value is -1.32. The zero-order chi connectivity index (χ0) is 11.7. The Balaban J connectivity index is 2.22. The van der Waals surface area contributed by atoms with E-state index in [1.54, 1.807) is 0 Å². The number of aromatic nitrogens is 2. The predicted octanol–water partition coefficient (Wildman–Crippen LogP) is 2.04. The molecule has 0 aliphatic carbocycles. The molecule has 2 unspecified atom stereocenters. The van der Waals surface area contributed by atoms with Gasteiger partial charge >= 0.3 is 5.97 Å². The van der Waals surface area contributed by atoms with Gasteiger partial charge in [-0.1, -0.05) is 13.8 Å². The van der Waals surface area contributed by atoms with Gasteiger partial charge in [0.1, 0.15) is 5.82 Å². The Kier molecular flexibility index (Phi) is 2.99. The summed E-state index contributed by atoms with van der Waals surface area (Å²) >= 11 is 0. The Morgan fingerprint density at radius 3 is 3.19 bits per heavy atom. The molecule has 0 fully saturated rings. The van der Waals surface area contributed by atoms with E-state index in [0.717, 1.165) is 24.5 Å². The van der Waals surface area contributed by atoms with Crippen LogP contribution in [0.3, 0.4) is 0 Å². The molecule has 1 aromatic heterocycles. The van der Waals surface area contributed by atoms with Crippen LogP contribution in [0, 0.1) is 5.92 Å². The number of carboxylic acid groups (broad SMARTS) is 1. The lowest BCUT2D eigenvalue weighted by Gasteiger charge is -2.23. The average molecular weight is 222 g/mol. The first-order chi connectivity index (χ1) is 7.58. The van der Waals surface area contributed by atoms with Gasteiger partial charge in [-0.05, 0) is 12.3 Å². The lowest BCUT2D eigenvalue weighted by molar-refractivity contribution is -0.137. The van der Waals surface area contributed by atoms with Crippen molar-refractivity contribution in [3.63, 3.8) is 0 Å². The van der Waals surface area contributed by atoms with E-state index in [1.165, 1.54) is 6.42 Å². The number of aliphatic carboxylic acids is 1. The van der Waals surface area contributed by atoms with E-state index in [9.17, 15) is 4.79 Å². The Morgan fingerprint density at radius 1 is 1.75 bits per heavy atom. The van der Waals surface area contributed by atoms with E-state index in [-0.39, 0.29) is 12.3 Å². The molecule has 4 heteroatoms. The highest BCUT2D eigenvalue weighted by atomic mass is 16.4. The monoisotopic (exact) mass is 222 g/mol. The third kappa shape index (κ3) is 2.10. The number of carbonyl (C=O) groups is 1. The fourth-order valence-corrected chi connectivity index (χ4v) is 2.38. The standard InChI is InChI=1S/C12H18N2O2/c1-8-3-4-11-13-6-10(14(11)7-8)9(2)5-12(15)16/h6,8-9H,3-5,7H2,1-2H3,(H,15,16). The SMILES string of the molecule is CC1CCc2ncc(C(C)CC(=O)O)n2C1. The van der Waals surface area contributed by atoms with Crippen LogP contribution >= 0.6 is 0 Å². The minimum absolute atomic E-state index is 0.0454. The highest BCUT2D eigenvalue weighted by molar-refractivity contribution is 5.67. The lowest BCUT2D eigenvalue weighted by Crippen LogP contribution is -2.21. The number of imidazole rings is 1. The average Bonchev–Trinajstić information content (AvgIpc) is 2.59. The van der Waals surface area contributed by atoms with Crippen LogP contribution < -0.4 is 0 Å². The van der Waals surface area contributed by atoms with Crippen molar-refractivity contribution < 1.29 is 9.90 Å². The van der Waals surface area contributed by atoms with E-state index >= 15 is 0 Å². The van der Waals surface area contributed by atoms with Crippen LogP contribution in [0.5, 0.6) is 0 Å². The minimum Gasteiger partial charge on any atom is -0.481 e. The van der Waals surface area contributed by atoms with Gasteiger partial charge < -0.3 is 9.67 Å². The van der Waals surface area contributed by atoms with Crippen molar-refractivity contribution in [2.75, 3.05) is 0 Å². The Bertz CT molecular complexity index is 398. The molecule has 1 N–H and O–H groups in total. The highest BCUT2D eigenvalue weighted by Gasteiger charge is 2.22. The Labute approximate surface area is 95.3 Å². The van der Waals surface area contributed by atoms with Crippen LogP contribution in [0.15, 0.2) is 6.20 Å². The molecule has 0 saturated carbocycles. The van der Waals surface area contributed by atoms with E-state index < -0.39 is 5.97 Å². The summed E-state index contributed by atoms with van der Waals surface area (Å²) < 4.78 is 2.21. The van der Waals surface area contributed by atoms with Crippen LogP contribution in [0.25, 0.3) is 0 Å². The molecule has 0 aromatic carbocycles. The largest absolute Gasteiger partial charge is 0.481 e. The summed E-state index contributed by atoms with van der Waals surface area (Å²) in [5.41, 5.74) is 1.07. The van der Waals surface area contributed by atoms with Crippen LogP contribution in [0.1, 0.15) is 44.1 Å². The second-order valence-electron chi connectivity index (χ2n) is 4.85. The maximum atomic E-state index is 10.7. The second kappa shape index (κ2) is 4.28. The third-order valence-electron chi connectivity index (χ3n) is 3.31. The normalized spacial score (nSPS) is 21.5. The molecule has 1 aliphatic rings. The van der Waals surface area contributed by atoms with Crippen LogP contribution in [-0.4, -0.2) is 20.6 Å². The highest BCUT2D eigenvalue weighted by Crippen LogP contribution is 2.26. The molecule has 1 aliphatic heterocycles.